The van der Waals surface area contributed by atoms with Gasteiger partial charge in [-0.15, -0.1) is 0 Å². The van der Waals surface area contributed by atoms with Crippen LogP contribution in [0.25, 0.3) is 0 Å². The quantitative estimate of drug-likeness (QED) is 0.584. The molecule has 1 aliphatic heterocycles. The summed E-state index contributed by atoms with van der Waals surface area (Å²) in [5, 5.41) is 2.93. The Morgan fingerprint density at radius 3 is 2.58 bits per heavy atom. The van der Waals surface area contributed by atoms with Crippen molar-refractivity contribution in [3.05, 3.63) is 6.42 Å². The molecule has 69 valence electrons. The Balaban J connectivity index is 2.37. The van der Waals surface area contributed by atoms with Gasteiger partial charge in [0, 0.05) is 18.6 Å². The van der Waals surface area contributed by atoms with Crippen molar-refractivity contribution >= 4 is 6.03 Å². The molecule has 1 heterocycles. The SMILES string of the molecule is CC(C)(C)NC(=O)N1C[CH]CC1. The van der Waals surface area contributed by atoms with E-state index in [1.807, 2.05) is 25.7 Å². The second-order valence-electron chi connectivity index (χ2n) is 4.20. The van der Waals surface area contributed by atoms with E-state index in [-0.39, 0.29) is 11.6 Å². The molecule has 1 rings (SSSR count). The van der Waals surface area contributed by atoms with Crippen molar-refractivity contribution in [2.24, 2.45) is 0 Å². The fourth-order valence-corrected chi connectivity index (χ4v) is 1.17. The van der Waals surface area contributed by atoms with Crippen molar-refractivity contribution in [2.45, 2.75) is 32.7 Å². The number of hydrogen-bond acceptors (Lipinski definition) is 1. The predicted octanol–water partition coefficient (Wildman–Crippen LogP) is 1.40. The summed E-state index contributed by atoms with van der Waals surface area (Å²) in [7, 11) is 0. The molecule has 0 aromatic carbocycles. The van der Waals surface area contributed by atoms with Crippen LogP contribution < -0.4 is 5.32 Å². The summed E-state index contributed by atoms with van der Waals surface area (Å²) in [5.74, 6) is 0. The summed E-state index contributed by atoms with van der Waals surface area (Å²) in [6, 6.07) is 0.0521. The summed E-state index contributed by atoms with van der Waals surface area (Å²) < 4.78 is 0. The summed E-state index contributed by atoms with van der Waals surface area (Å²) in [6.45, 7) is 7.63. The van der Waals surface area contributed by atoms with Gasteiger partial charge < -0.3 is 10.2 Å². The lowest BCUT2D eigenvalue weighted by Gasteiger charge is -2.25. The highest BCUT2D eigenvalue weighted by molar-refractivity contribution is 5.75. The molecule has 1 saturated heterocycles. The molecular formula is C9H17N2O. The van der Waals surface area contributed by atoms with E-state index in [1.54, 1.807) is 0 Å². The van der Waals surface area contributed by atoms with E-state index in [2.05, 4.69) is 11.7 Å². The largest absolute Gasteiger partial charge is 0.333 e. The van der Waals surface area contributed by atoms with Gasteiger partial charge in [0.15, 0.2) is 0 Å². The average Bonchev–Trinajstić information content (AvgIpc) is 2.32. The Labute approximate surface area is 74.1 Å². The minimum absolute atomic E-state index is 0.0521. The van der Waals surface area contributed by atoms with Crippen molar-refractivity contribution in [2.75, 3.05) is 13.1 Å². The number of hydrogen-bond donors (Lipinski definition) is 1. The molecule has 0 aromatic rings. The van der Waals surface area contributed by atoms with E-state index in [9.17, 15) is 4.79 Å². The molecule has 0 aromatic heterocycles. The van der Waals surface area contributed by atoms with Crippen LogP contribution in [0.3, 0.4) is 0 Å². The summed E-state index contributed by atoms with van der Waals surface area (Å²) >= 11 is 0. The van der Waals surface area contributed by atoms with Crippen molar-refractivity contribution < 1.29 is 4.79 Å². The topological polar surface area (TPSA) is 32.3 Å². The van der Waals surface area contributed by atoms with Gasteiger partial charge in [-0.25, -0.2) is 4.79 Å². The molecule has 1 fully saturated rings. The van der Waals surface area contributed by atoms with Gasteiger partial charge in [-0.05, 0) is 33.6 Å². The van der Waals surface area contributed by atoms with Crippen LogP contribution in [0.15, 0.2) is 0 Å². The van der Waals surface area contributed by atoms with Crippen LogP contribution >= 0.6 is 0 Å². The highest BCUT2D eigenvalue weighted by Gasteiger charge is 2.21. The van der Waals surface area contributed by atoms with E-state index in [1.165, 1.54) is 0 Å². The third kappa shape index (κ3) is 2.72. The predicted molar refractivity (Wildman–Crippen MR) is 48.8 cm³/mol. The van der Waals surface area contributed by atoms with Crippen LogP contribution in [0.2, 0.25) is 0 Å². The lowest BCUT2D eigenvalue weighted by atomic mass is 10.1. The molecule has 1 N–H and O–H groups in total. The third-order valence-electron chi connectivity index (χ3n) is 1.72. The Morgan fingerprint density at radius 2 is 2.17 bits per heavy atom. The fraction of sp³-hybridized carbons (Fsp3) is 0.778. The average molecular weight is 169 g/mol. The van der Waals surface area contributed by atoms with Gasteiger partial charge in [0.25, 0.3) is 0 Å². The van der Waals surface area contributed by atoms with Crippen LogP contribution in [0.4, 0.5) is 4.79 Å². The van der Waals surface area contributed by atoms with Gasteiger partial charge in [0.05, 0.1) is 0 Å². The maximum absolute atomic E-state index is 11.5. The first kappa shape index (κ1) is 9.36. The molecule has 3 heteroatoms. The first-order valence-corrected chi connectivity index (χ1v) is 4.38. The van der Waals surface area contributed by atoms with Crippen LogP contribution in [0.1, 0.15) is 27.2 Å². The first-order valence-electron chi connectivity index (χ1n) is 4.38. The van der Waals surface area contributed by atoms with Crippen LogP contribution in [0.5, 0.6) is 0 Å². The minimum atomic E-state index is -0.125. The Bertz CT molecular complexity index is 166. The van der Waals surface area contributed by atoms with Crippen LogP contribution in [-0.2, 0) is 0 Å². The highest BCUT2D eigenvalue weighted by atomic mass is 16.2. The number of urea groups is 1. The van der Waals surface area contributed by atoms with Crippen molar-refractivity contribution in [3.63, 3.8) is 0 Å². The van der Waals surface area contributed by atoms with E-state index in [0.29, 0.717) is 0 Å². The molecule has 2 amide bonds. The Kier molecular flexibility index (Phi) is 2.60. The van der Waals surface area contributed by atoms with Gasteiger partial charge in [0.1, 0.15) is 0 Å². The van der Waals surface area contributed by atoms with E-state index in [0.717, 1.165) is 19.5 Å². The monoisotopic (exact) mass is 169 g/mol. The van der Waals surface area contributed by atoms with Crippen molar-refractivity contribution in [1.82, 2.24) is 10.2 Å². The molecule has 0 spiro atoms. The number of carbonyl (C=O) groups is 1. The van der Waals surface area contributed by atoms with Gasteiger partial charge in [-0.3, -0.25) is 0 Å². The number of nitrogens with zero attached hydrogens (tertiary/aromatic N) is 1. The molecule has 1 aliphatic rings. The maximum Gasteiger partial charge on any atom is 0.317 e. The summed E-state index contributed by atoms with van der Waals surface area (Å²) in [5.41, 5.74) is -0.125. The van der Waals surface area contributed by atoms with Gasteiger partial charge in [-0.1, -0.05) is 0 Å². The number of likely N-dealkylation sites (tertiary alicyclic amines) is 1. The summed E-state index contributed by atoms with van der Waals surface area (Å²) in [6.07, 6.45) is 3.15. The normalized spacial score (nSPS) is 18.1. The molecule has 1 radical (unpaired) electrons. The second-order valence-corrected chi connectivity index (χ2v) is 4.20. The van der Waals surface area contributed by atoms with Crippen molar-refractivity contribution in [1.29, 1.82) is 0 Å². The number of amides is 2. The Morgan fingerprint density at radius 1 is 1.50 bits per heavy atom. The van der Waals surface area contributed by atoms with Gasteiger partial charge in [-0.2, -0.15) is 0 Å². The minimum Gasteiger partial charge on any atom is -0.333 e. The van der Waals surface area contributed by atoms with Crippen LogP contribution in [0, 0.1) is 6.42 Å². The molecule has 0 saturated carbocycles. The second kappa shape index (κ2) is 3.33. The number of carbonyl (C=O) groups excluding carboxylic acids is 1. The lowest BCUT2D eigenvalue weighted by Crippen LogP contribution is -2.47. The first-order chi connectivity index (χ1) is 5.49. The molecular weight excluding hydrogens is 152 g/mol. The zero-order chi connectivity index (χ0) is 9.19. The zero-order valence-corrected chi connectivity index (χ0v) is 8.05. The zero-order valence-electron chi connectivity index (χ0n) is 8.05. The van der Waals surface area contributed by atoms with Crippen LogP contribution in [-0.4, -0.2) is 29.6 Å². The Hall–Kier alpha value is -0.730. The molecule has 0 bridgehead atoms. The molecule has 3 nitrogen and oxygen atoms in total. The standard InChI is InChI=1S/C9H17N2O/c1-9(2,3)10-8(12)11-6-4-5-7-11/h4H,5-7H2,1-3H3,(H,10,12). The molecule has 0 aliphatic carbocycles. The maximum atomic E-state index is 11.5. The summed E-state index contributed by atoms with van der Waals surface area (Å²) in [4.78, 5) is 13.3. The smallest absolute Gasteiger partial charge is 0.317 e. The number of rotatable bonds is 0. The van der Waals surface area contributed by atoms with E-state index < -0.39 is 0 Å². The lowest BCUT2D eigenvalue weighted by molar-refractivity contribution is 0.200. The highest BCUT2D eigenvalue weighted by Crippen LogP contribution is 2.08. The third-order valence-corrected chi connectivity index (χ3v) is 1.72. The fourth-order valence-electron chi connectivity index (χ4n) is 1.17. The van der Waals surface area contributed by atoms with Gasteiger partial charge >= 0.3 is 6.03 Å². The van der Waals surface area contributed by atoms with E-state index in [4.69, 9.17) is 0 Å². The number of nitrogens with one attached hydrogen (secondary N) is 1. The molecule has 0 unspecified atom stereocenters. The van der Waals surface area contributed by atoms with Crippen molar-refractivity contribution in [3.8, 4) is 0 Å². The molecule has 0 atom stereocenters. The van der Waals surface area contributed by atoms with E-state index >= 15 is 0 Å². The molecule has 12 heavy (non-hydrogen) atoms. The van der Waals surface area contributed by atoms with Gasteiger partial charge in [0.2, 0.25) is 0 Å².